The molecule has 2 amide bonds. The Morgan fingerprint density at radius 3 is 2.65 bits per heavy atom. The topological polar surface area (TPSA) is 95.9 Å². The smallest absolute Gasteiger partial charge is 0.272 e. The molecule has 0 unspecified atom stereocenters. The van der Waals surface area contributed by atoms with Crippen LogP contribution < -0.4 is 5.32 Å². The molecular weight excluding hydrogens is 332 g/mol. The molecule has 1 saturated heterocycles. The molecule has 2 fully saturated rings. The number of nitrogens with zero attached hydrogens (tertiary/aromatic N) is 4. The zero-order valence-corrected chi connectivity index (χ0v) is 15.3. The molecule has 8 nitrogen and oxygen atoms in total. The van der Waals surface area contributed by atoms with Crippen molar-refractivity contribution in [2.24, 2.45) is 7.05 Å². The minimum absolute atomic E-state index is 0.151. The SMILES string of the molecule is Cc1[nH]nc(C(=O)N[C@@H]2CCC(=O)N(C3CC3)[C@H]2c2nccn2C)c1C. The first-order chi connectivity index (χ1) is 12.5. The number of piperidine rings is 1. The van der Waals surface area contributed by atoms with E-state index < -0.39 is 0 Å². The molecule has 0 bridgehead atoms. The number of carbonyl (C=O) groups is 2. The number of H-pyrrole nitrogens is 1. The molecule has 138 valence electrons. The van der Waals surface area contributed by atoms with Crippen molar-refractivity contribution in [1.82, 2.24) is 30.0 Å². The van der Waals surface area contributed by atoms with Gasteiger partial charge in [-0.25, -0.2) is 4.98 Å². The van der Waals surface area contributed by atoms with E-state index in [1.54, 1.807) is 6.20 Å². The highest BCUT2D eigenvalue weighted by molar-refractivity contribution is 5.94. The number of carbonyl (C=O) groups excluding carboxylic acids is 2. The summed E-state index contributed by atoms with van der Waals surface area (Å²) in [6.07, 6.45) is 6.70. The summed E-state index contributed by atoms with van der Waals surface area (Å²) in [6.45, 7) is 3.77. The maximum Gasteiger partial charge on any atom is 0.272 e. The Morgan fingerprint density at radius 2 is 2.08 bits per heavy atom. The molecule has 26 heavy (non-hydrogen) atoms. The average Bonchev–Trinajstić information content (AvgIpc) is 3.28. The van der Waals surface area contributed by atoms with E-state index >= 15 is 0 Å². The summed E-state index contributed by atoms with van der Waals surface area (Å²) in [4.78, 5) is 31.8. The van der Waals surface area contributed by atoms with Gasteiger partial charge in [0.25, 0.3) is 5.91 Å². The number of amides is 2. The van der Waals surface area contributed by atoms with Crippen molar-refractivity contribution >= 4 is 11.8 Å². The van der Waals surface area contributed by atoms with Crippen molar-refractivity contribution in [3.63, 3.8) is 0 Å². The molecule has 3 heterocycles. The van der Waals surface area contributed by atoms with Gasteiger partial charge in [0.2, 0.25) is 5.91 Å². The number of hydrogen-bond acceptors (Lipinski definition) is 4. The third kappa shape index (κ3) is 2.79. The van der Waals surface area contributed by atoms with Crippen LogP contribution in [0.1, 0.15) is 59.3 Å². The van der Waals surface area contributed by atoms with E-state index in [4.69, 9.17) is 0 Å². The summed E-state index contributed by atoms with van der Waals surface area (Å²) >= 11 is 0. The fourth-order valence-corrected chi connectivity index (χ4v) is 3.76. The molecule has 2 aliphatic rings. The van der Waals surface area contributed by atoms with Gasteiger partial charge in [-0.2, -0.15) is 5.10 Å². The van der Waals surface area contributed by atoms with Crippen molar-refractivity contribution in [3.05, 3.63) is 35.2 Å². The van der Waals surface area contributed by atoms with Crippen LogP contribution in [-0.2, 0) is 11.8 Å². The van der Waals surface area contributed by atoms with Crippen molar-refractivity contribution in [1.29, 1.82) is 0 Å². The van der Waals surface area contributed by atoms with Gasteiger partial charge >= 0.3 is 0 Å². The van der Waals surface area contributed by atoms with Gasteiger partial charge in [-0.1, -0.05) is 0 Å². The van der Waals surface area contributed by atoms with E-state index in [0.29, 0.717) is 18.5 Å². The number of aromatic amines is 1. The van der Waals surface area contributed by atoms with Gasteiger partial charge in [0.1, 0.15) is 11.9 Å². The van der Waals surface area contributed by atoms with Gasteiger partial charge in [0.15, 0.2) is 5.69 Å². The number of imidazole rings is 1. The van der Waals surface area contributed by atoms with Crippen molar-refractivity contribution < 1.29 is 9.59 Å². The van der Waals surface area contributed by atoms with Gasteiger partial charge in [0, 0.05) is 43.2 Å². The second-order valence-corrected chi connectivity index (χ2v) is 7.31. The highest BCUT2D eigenvalue weighted by atomic mass is 16.2. The summed E-state index contributed by atoms with van der Waals surface area (Å²) in [5.41, 5.74) is 2.15. The molecule has 0 radical (unpaired) electrons. The number of aryl methyl sites for hydroxylation is 2. The van der Waals surface area contributed by atoms with Crippen LogP contribution in [0.3, 0.4) is 0 Å². The minimum Gasteiger partial charge on any atom is -0.345 e. The van der Waals surface area contributed by atoms with Gasteiger partial charge in [0.05, 0.1) is 6.04 Å². The molecule has 0 spiro atoms. The molecule has 2 aromatic heterocycles. The normalized spacial score (nSPS) is 23.3. The predicted molar refractivity (Wildman–Crippen MR) is 94.4 cm³/mol. The van der Waals surface area contributed by atoms with E-state index in [1.807, 2.05) is 36.6 Å². The molecule has 2 aromatic rings. The van der Waals surface area contributed by atoms with E-state index in [1.165, 1.54) is 0 Å². The molecule has 0 aromatic carbocycles. The van der Waals surface area contributed by atoms with Crippen molar-refractivity contribution in [3.8, 4) is 0 Å². The molecule has 1 aliphatic heterocycles. The van der Waals surface area contributed by atoms with Crippen LogP contribution in [0.15, 0.2) is 12.4 Å². The van der Waals surface area contributed by atoms with Crippen molar-refractivity contribution in [2.75, 3.05) is 0 Å². The molecule has 2 N–H and O–H groups in total. The maximum atomic E-state index is 12.8. The summed E-state index contributed by atoms with van der Waals surface area (Å²) in [6, 6.07) is -0.162. The lowest BCUT2D eigenvalue weighted by atomic mass is 9.94. The van der Waals surface area contributed by atoms with Gasteiger partial charge in [-0.3, -0.25) is 14.7 Å². The lowest BCUT2D eigenvalue weighted by Gasteiger charge is -2.41. The van der Waals surface area contributed by atoms with Crippen LogP contribution in [0.5, 0.6) is 0 Å². The first kappa shape index (κ1) is 16.8. The predicted octanol–water partition coefficient (Wildman–Crippen LogP) is 1.38. The summed E-state index contributed by atoms with van der Waals surface area (Å²) < 4.78 is 1.93. The van der Waals surface area contributed by atoms with E-state index in [9.17, 15) is 9.59 Å². The zero-order valence-electron chi connectivity index (χ0n) is 15.3. The van der Waals surface area contributed by atoms with Gasteiger partial charge < -0.3 is 14.8 Å². The molecule has 8 heteroatoms. The van der Waals surface area contributed by atoms with Crippen LogP contribution in [0.25, 0.3) is 0 Å². The van der Waals surface area contributed by atoms with Crippen LogP contribution in [0.2, 0.25) is 0 Å². The monoisotopic (exact) mass is 356 g/mol. The number of hydrogen-bond donors (Lipinski definition) is 2. The molecule has 4 rings (SSSR count). The van der Waals surface area contributed by atoms with E-state index in [2.05, 4.69) is 20.5 Å². The molecular formula is C18H24N6O2. The highest BCUT2D eigenvalue weighted by Gasteiger charge is 2.46. The first-order valence-corrected chi connectivity index (χ1v) is 9.08. The second-order valence-electron chi connectivity index (χ2n) is 7.31. The Morgan fingerprint density at radius 1 is 1.31 bits per heavy atom. The quantitative estimate of drug-likeness (QED) is 0.865. The largest absolute Gasteiger partial charge is 0.345 e. The minimum atomic E-state index is -0.243. The number of nitrogens with one attached hydrogen (secondary N) is 2. The Kier molecular flexibility index (Phi) is 4.05. The Bertz CT molecular complexity index is 850. The van der Waals surface area contributed by atoms with Crippen LogP contribution in [-0.4, -0.2) is 48.5 Å². The van der Waals surface area contributed by atoms with Crippen LogP contribution in [0.4, 0.5) is 0 Å². The fourth-order valence-electron chi connectivity index (χ4n) is 3.76. The first-order valence-electron chi connectivity index (χ1n) is 9.08. The van der Waals surface area contributed by atoms with E-state index in [0.717, 1.165) is 29.9 Å². The third-order valence-electron chi connectivity index (χ3n) is 5.49. The Labute approximate surface area is 152 Å². The molecule has 1 aliphatic carbocycles. The van der Waals surface area contributed by atoms with Gasteiger partial charge in [-0.15, -0.1) is 0 Å². The standard InChI is InChI=1S/C18H24N6O2/c1-10-11(2)21-22-15(10)18(26)20-13-6-7-14(25)24(12-4-5-12)16(13)17-19-8-9-23(17)3/h8-9,12-13,16H,4-7H2,1-3H3,(H,20,26)(H,21,22)/t13-,16-/m1/s1. The maximum absolute atomic E-state index is 12.8. The number of aromatic nitrogens is 4. The Balaban J connectivity index is 1.64. The van der Waals surface area contributed by atoms with E-state index in [-0.39, 0.29) is 29.9 Å². The third-order valence-corrected chi connectivity index (χ3v) is 5.49. The summed E-state index contributed by atoms with van der Waals surface area (Å²) in [5, 5.41) is 10.1. The van der Waals surface area contributed by atoms with Crippen LogP contribution in [0, 0.1) is 13.8 Å². The second kappa shape index (κ2) is 6.26. The number of likely N-dealkylation sites (tertiary alicyclic amines) is 1. The van der Waals surface area contributed by atoms with Crippen molar-refractivity contribution in [2.45, 2.75) is 57.7 Å². The summed E-state index contributed by atoms with van der Waals surface area (Å²) in [7, 11) is 1.92. The Hall–Kier alpha value is -2.64. The lowest BCUT2D eigenvalue weighted by Crippen LogP contribution is -2.53. The lowest BCUT2D eigenvalue weighted by molar-refractivity contribution is -0.138. The zero-order chi connectivity index (χ0) is 18.4. The highest BCUT2D eigenvalue weighted by Crippen LogP contribution is 2.40. The number of rotatable bonds is 4. The fraction of sp³-hybridized carbons (Fsp3) is 0.556. The summed E-state index contributed by atoms with van der Waals surface area (Å²) in [5.74, 6) is 0.754. The molecule has 2 atom stereocenters. The molecule has 1 saturated carbocycles. The van der Waals surface area contributed by atoms with Crippen LogP contribution >= 0.6 is 0 Å². The van der Waals surface area contributed by atoms with Gasteiger partial charge in [-0.05, 0) is 33.1 Å². The average molecular weight is 356 g/mol.